The lowest BCUT2D eigenvalue weighted by Gasteiger charge is -2.23. The monoisotopic (exact) mass is 261 g/mol. The van der Waals surface area contributed by atoms with E-state index in [1.165, 1.54) is 0 Å². The third kappa shape index (κ3) is 3.53. The van der Waals surface area contributed by atoms with Crippen LogP contribution in [0.15, 0.2) is 24.5 Å². The first-order chi connectivity index (χ1) is 9.20. The van der Waals surface area contributed by atoms with Crippen LogP contribution in [0.25, 0.3) is 0 Å². The molecule has 1 fully saturated rings. The van der Waals surface area contributed by atoms with Crippen molar-refractivity contribution in [2.45, 2.75) is 32.2 Å². The summed E-state index contributed by atoms with van der Waals surface area (Å²) in [6.07, 6.45) is 5.33. The normalized spacial score (nSPS) is 20.1. The van der Waals surface area contributed by atoms with E-state index < -0.39 is 0 Å². The second-order valence-corrected chi connectivity index (χ2v) is 4.71. The molecule has 1 N–H and O–H groups in total. The summed E-state index contributed by atoms with van der Waals surface area (Å²) in [4.78, 5) is 29.6. The highest BCUT2D eigenvalue weighted by molar-refractivity contribution is 5.89. The van der Waals surface area contributed by atoms with Crippen molar-refractivity contribution < 1.29 is 9.59 Å². The number of rotatable bonds is 4. The van der Waals surface area contributed by atoms with Crippen LogP contribution in [0.1, 0.15) is 25.3 Å². The zero-order valence-corrected chi connectivity index (χ0v) is 11.1. The predicted octanol–water partition coefficient (Wildman–Crippen LogP) is 0.751. The van der Waals surface area contributed by atoms with Gasteiger partial charge >= 0.3 is 0 Å². The zero-order valence-electron chi connectivity index (χ0n) is 11.1. The van der Waals surface area contributed by atoms with Crippen LogP contribution in [-0.4, -0.2) is 40.8 Å². The number of aromatic nitrogens is 1. The molecule has 0 saturated carbocycles. The Morgan fingerprint density at radius 3 is 3.00 bits per heavy atom. The zero-order chi connectivity index (χ0) is 13.7. The minimum Gasteiger partial charge on any atom is -0.344 e. The summed E-state index contributed by atoms with van der Waals surface area (Å²) in [6.45, 7) is 3.05. The van der Waals surface area contributed by atoms with Gasteiger partial charge in [-0.25, -0.2) is 0 Å². The molecule has 19 heavy (non-hydrogen) atoms. The summed E-state index contributed by atoms with van der Waals surface area (Å²) in [5, 5.41) is 2.76. The van der Waals surface area contributed by atoms with Gasteiger partial charge in [-0.05, 0) is 24.5 Å². The third-order valence-electron chi connectivity index (χ3n) is 3.36. The Hall–Kier alpha value is -1.91. The molecular weight excluding hydrogens is 242 g/mol. The molecule has 0 spiro atoms. The Morgan fingerprint density at radius 2 is 2.32 bits per heavy atom. The average Bonchev–Trinajstić information content (AvgIpc) is 2.58. The lowest BCUT2D eigenvalue weighted by atomic mass is 10.1. The molecular formula is C14H19N3O2. The summed E-state index contributed by atoms with van der Waals surface area (Å²) in [5.41, 5.74) is 1.10. The molecule has 1 aromatic heterocycles. The quantitative estimate of drug-likeness (QED) is 0.870. The molecule has 102 valence electrons. The highest BCUT2D eigenvalue weighted by Crippen LogP contribution is 2.08. The molecule has 0 radical (unpaired) electrons. The van der Waals surface area contributed by atoms with Crippen molar-refractivity contribution >= 4 is 11.8 Å². The maximum absolute atomic E-state index is 12.2. The van der Waals surface area contributed by atoms with E-state index in [4.69, 9.17) is 0 Å². The number of pyridine rings is 1. The Morgan fingerprint density at radius 1 is 1.47 bits per heavy atom. The number of carbonyl (C=O) groups excluding carboxylic acids is 2. The third-order valence-corrected chi connectivity index (χ3v) is 3.36. The molecule has 2 rings (SSSR count). The minimum absolute atomic E-state index is 0.0252. The molecule has 5 heteroatoms. The van der Waals surface area contributed by atoms with Gasteiger partial charge in [-0.3, -0.25) is 14.6 Å². The summed E-state index contributed by atoms with van der Waals surface area (Å²) in [6, 6.07) is 3.51. The van der Waals surface area contributed by atoms with Crippen molar-refractivity contribution in [2.75, 3.05) is 13.1 Å². The van der Waals surface area contributed by atoms with Crippen LogP contribution < -0.4 is 5.32 Å². The van der Waals surface area contributed by atoms with Crippen LogP contribution >= 0.6 is 0 Å². The smallest absolute Gasteiger partial charge is 0.245 e. The minimum atomic E-state index is -0.371. The van der Waals surface area contributed by atoms with Gasteiger partial charge < -0.3 is 10.2 Å². The first-order valence-corrected chi connectivity index (χ1v) is 6.67. The van der Waals surface area contributed by atoms with Gasteiger partial charge in [0, 0.05) is 31.9 Å². The Labute approximate surface area is 113 Å². The van der Waals surface area contributed by atoms with E-state index in [9.17, 15) is 9.59 Å². The van der Waals surface area contributed by atoms with Crippen LogP contribution in [0, 0.1) is 0 Å². The molecule has 1 aliphatic heterocycles. The molecule has 2 heterocycles. The van der Waals surface area contributed by atoms with E-state index in [-0.39, 0.29) is 17.9 Å². The van der Waals surface area contributed by atoms with E-state index in [0.717, 1.165) is 12.0 Å². The van der Waals surface area contributed by atoms with Gasteiger partial charge in [0.15, 0.2) is 0 Å². The van der Waals surface area contributed by atoms with Gasteiger partial charge in [0.05, 0.1) is 0 Å². The second kappa shape index (κ2) is 6.31. The van der Waals surface area contributed by atoms with Crippen molar-refractivity contribution in [2.24, 2.45) is 0 Å². The SMILES string of the molecule is CCC1NC(=O)CCN(CCc2cccnc2)C1=O. The van der Waals surface area contributed by atoms with Gasteiger partial charge in [-0.15, -0.1) is 0 Å². The molecule has 0 aromatic carbocycles. The summed E-state index contributed by atoms with van der Waals surface area (Å²) < 4.78 is 0. The highest BCUT2D eigenvalue weighted by Gasteiger charge is 2.27. The first-order valence-electron chi connectivity index (χ1n) is 6.67. The Bertz CT molecular complexity index is 447. The van der Waals surface area contributed by atoms with Gasteiger partial charge in [0.1, 0.15) is 6.04 Å². The van der Waals surface area contributed by atoms with Crippen molar-refractivity contribution in [1.29, 1.82) is 0 Å². The van der Waals surface area contributed by atoms with E-state index in [2.05, 4.69) is 10.3 Å². The maximum Gasteiger partial charge on any atom is 0.245 e. The molecule has 2 amide bonds. The van der Waals surface area contributed by atoms with Crippen LogP contribution in [0.5, 0.6) is 0 Å². The van der Waals surface area contributed by atoms with Crippen molar-refractivity contribution in [3.05, 3.63) is 30.1 Å². The molecule has 0 aliphatic carbocycles. The molecule has 1 atom stereocenters. The molecule has 0 bridgehead atoms. The standard InChI is InChI=1S/C14H19N3O2/c1-2-12-14(19)17(9-6-13(18)16-12)8-5-11-4-3-7-15-10-11/h3-4,7,10,12H,2,5-6,8-9H2,1H3,(H,16,18). The largest absolute Gasteiger partial charge is 0.344 e. The van der Waals surface area contributed by atoms with Crippen LogP contribution in [0.4, 0.5) is 0 Å². The van der Waals surface area contributed by atoms with Gasteiger partial charge in [-0.1, -0.05) is 13.0 Å². The Kier molecular flexibility index (Phi) is 4.49. The van der Waals surface area contributed by atoms with E-state index in [0.29, 0.717) is 25.9 Å². The number of nitrogens with one attached hydrogen (secondary N) is 1. The summed E-state index contributed by atoms with van der Waals surface area (Å²) in [5.74, 6) is -0.0127. The number of hydrogen-bond donors (Lipinski definition) is 1. The van der Waals surface area contributed by atoms with Gasteiger partial charge in [0.25, 0.3) is 0 Å². The van der Waals surface area contributed by atoms with Gasteiger partial charge in [-0.2, -0.15) is 0 Å². The number of nitrogens with zero attached hydrogens (tertiary/aromatic N) is 2. The topological polar surface area (TPSA) is 62.3 Å². The van der Waals surface area contributed by atoms with E-state index in [1.54, 1.807) is 11.1 Å². The first kappa shape index (κ1) is 13.5. The van der Waals surface area contributed by atoms with Crippen molar-refractivity contribution in [3.8, 4) is 0 Å². The Balaban J connectivity index is 1.98. The van der Waals surface area contributed by atoms with E-state index >= 15 is 0 Å². The number of carbonyl (C=O) groups is 2. The fraction of sp³-hybridized carbons (Fsp3) is 0.500. The highest BCUT2D eigenvalue weighted by atomic mass is 16.2. The number of hydrogen-bond acceptors (Lipinski definition) is 3. The molecule has 5 nitrogen and oxygen atoms in total. The maximum atomic E-state index is 12.2. The fourth-order valence-electron chi connectivity index (χ4n) is 2.20. The van der Waals surface area contributed by atoms with Crippen LogP contribution in [-0.2, 0) is 16.0 Å². The van der Waals surface area contributed by atoms with Crippen molar-refractivity contribution in [3.63, 3.8) is 0 Å². The summed E-state index contributed by atoms with van der Waals surface area (Å²) in [7, 11) is 0. The fourth-order valence-corrected chi connectivity index (χ4v) is 2.20. The van der Waals surface area contributed by atoms with Crippen molar-refractivity contribution in [1.82, 2.24) is 15.2 Å². The van der Waals surface area contributed by atoms with Gasteiger partial charge in [0.2, 0.25) is 11.8 Å². The second-order valence-electron chi connectivity index (χ2n) is 4.71. The molecule has 1 unspecified atom stereocenters. The average molecular weight is 261 g/mol. The van der Waals surface area contributed by atoms with E-state index in [1.807, 2.05) is 25.3 Å². The number of amides is 2. The predicted molar refractivity (Wildman–Crippen MR) is 71.4 cm³/mol. The molecule has 1 saturated heterocycles. The van der Waals surface area contributed by atoms with Crippen LogP contribution in [0.2, 0.25) is 0 Å². The summed E-state index contributed by atoms with van der Waals surface area (Å²) >= 11 is 0. The van der Waals surface area contributed by atoms with Crippen LogP contribution in [0.3, 0.4) is 0 Å². The lowest BCUT2D eigenvalue weighted by Crippen LogP contribution is -2.44. The lowest BCUT2D eigenvalue weighted by molar-refractivity contribution is -0.133. The molecule has 1 aromatic rings. The molecule has 1 aliphatic rings.